The van der Waals surface area contributed by atoms with Gasteiger partial charge >= 0.3 is 0 Å². The van der Waals surface area contributed by atoms with E-state index >= 15 is 0 Å². The molecule has 0 aliphatic carbocycles. The fourth-order valence-corrected chi connectivity index (χ4v) is 3.69. The van der Waals surface area contributed by atoms with Gasteiger partial charge in [-0.15, -0.1) is 11.3 Å². The summed E-state index contributed by atoms with van der Waals surface area (Å²) in [5.41, 5.74) is 1.21. The Bertz CT molecular complexity index is 725. The van der Waals surface area contributed by atoms with Crippen molar-refractivity contribution < 1.29 is 0 Å². The quantitative estimate of drug-likeness (QED) is 0.644. The Balaban J connectivity index is 1.62. The second kappa shape index (κ2) is 7.51. The highest BCUT2D eigenvalue weighted by molar-refractivity contribution is 7.09. The van der Waals surface area contributed by atoms with Gasteiger partial charge in [-0.2, -0.15) is 5.10 Å². The van der Waals surface area contributed by atoms with Crippen LogP contribution in [-0.4, -0.2) is 38.3 Å². The van der Waals surface area contributed by atoms with Crippen molar-refractivity contribution >= 4 is 17.3 Å². The van der Waals surface area contributed by atoms with Crippen molar-refractivity contribution in [1.82, 2.24) is 30.4 Å². The van der Waals surface area contributed by atoms with Crippen LogP contribution in [-0.2, 0) is 24.9 Å². The lowest BCUT2D eigenvalue weighted by Crippen LogP contribution is -2.47. The molecule has 0 amide bonds. The minimum absolute atomic E-state index is 0.0822. The molecule has 0 bridgehead atoms. The zero-order valence-electron chi connectivity index (χ0n) is 15.4. The molecule has 2 N–H and O–H groups in total. The molecular formula is C17H27N7S. The van der Waals surface area contributed by atoms with Gasteiger partial charge in [0.1, 0.15) is 17.2 Å². The number of guanidine groups is 1. The number of aryl methyl sites for hydroxylation is 1. The van der Waals surface area contributed by atoms with E-state index in [9.17, 15) is 0 Å². The van der Waals surface area contributed by atoms with Crippen LogP contribution >= 0.6 is 11.3 Å². The van der Waals surface area contributed by atoms with Gasteiger partial charge < -0.3 is 10.6 Å². The highest BCUT2D eigenvalue weighted by Crippen LogP contribution is 2.24. The van der Waals surface area contributed by atoms with E-state index in [1.165, 1.54) is 0 Å². The molecule has 0 aromatic carbocycles. The van der Waals surface area contributed by atoms with Crippen molar-refractivity contribution in [3.63, 3.8) is 0 Å². The SMILES string of the molecule is CCNC(=NCc1nc(C(C)(C)C)cs1)NC1CCc2ncnn2C1. The fourth-order valence-electron chi connectivity index (χ4n) is 2.74. The third-order valence-corrected chi connectivity index (χ3v) is 5.02. The summed E-state index contributed by atoms with van der Waals surface area (Å²) >= 11 is 1.68. The number of fused-ring (bicyclic) bond motifs is 1. The molecule has 1 atom stereocenters. The van der Waals surface area contributed by atoms with Crippen LogP contribution in [0.15, 0.2) is 16.7 Å². The number of rotatable bonds is 4. The lowest BCUT2D eigenvalue weighted by molar-refractivity contribution is 0.392. The molecular weight excluding hydrogens is 334 g/mol. The molecule has 8 heteroatoms. The molecule has 2 aromatic rings. The number of aromatic nitrogens is 4. The Kier molecular flexibility index (Phi) is 5.36. The minimum Gasteiger partial charge on any atom is -0.357 e. The summed E-state index contributed by atoms with van der Waals surface area (Å²) in [5.74, 6) is 1.90. The minimum atomic E-state index is 0.0822. The van der Waals surface area contributed by atoms with E-state index in [2.05, 4.69) is 53.8 Å². The standard InChI is InChI=1S/C17H27N7S/c1-5-18-16(19-8-15-23-13(10-25-15)17(2,3)4)22-12-6-7-14-20-11-21-24(14)9-12/h10-12H,5-9H2,1-4H3,(H2,18,19,22). The predicted molar refractivity (Wildman–Crippen MR) is 101 cm³/mol. The topological polar surface area (TPSA) is 80.0 Å². The first kappa shape index (κ1) is 17.8. The summed E-state index contributed by atoms with van der Waals surface area (Å²) in [4.78, 5) is 13.7. The maximum Gasteiger partial charge on any atom is 0.191 e. The van der Waals surface area contributed by atoms with Gasteiger partial charge in [0.25, 0.3) is 0 Å². The van der Waals surface area contributed by atoms with Crippen LogP contribution < -0.4 is 10.6 Å². The van der Waals surface area contributed by atoms with Gasteiger partial charge in [-0.05, 0) is 13.3 Å². The van der Waals surface area contributed by atoms with Gasteiger partial charge in [-0.3, -0.25) is 0 Å². The first-order valence-electron chi connectivity index (χ1n) is 8.82. The van der Waals surface area contributed by atoms with Crippen LogP contribution in [0.5, 0.6) is 0 Å². The molecule has 7 nitrogen and oxygen atoms in total. The fraction of sp³-hybridized carbons (Fsp3) is 0.647. The van der Waals surface area contributed by atoms with Crippen LogP contribution in [0.1, 0.15) is 50.6 Å². The smallest absolute Gasteiger partial charge is 0.191 e. The molecule has 1 aliphatic heterocycles. The number of nitrogens with zero attached hydrogens (tertiary/aromatic N) is 5. The third kappa shape index (κ3) is 4.56. The molecule has 3 rings (SSSR count). The van der Waals surface area contributed by atoms with E-state index in [-0.39, 0.29) is 5.41 Å². The maximum absolute atomic E-state index is 4.72. The third-order valence-electron chi connectivity index (χ3n) is 4.18. The van der Waals surface area contributed by atoms with Crippen molar-refractivity contribution in [2.75, 3.05) is 6.54 Å². The van der Waals surface area contributed by atoms with Crippen LogP contribution in [0.3, 0.4) is 0 Å². The van der Waals surface area contributed by atoms with Gasteiger partial charge in [-0.25, -0.2) is 19.6 Å². The molecule has 1 unspecified atom stereocenters. The molecule has 0 fully saturated rings. The number of hydrogen-bond donors (Lipinski definition) is 2. The van der Waals surface area contributed by atoms with E-state index in [0.29, 0.717) is 12.6 Å². The van der Waals surface area contributed by atoms with Crippen LogP contribution in [0, 0.1) is 0 Å². The molecule has 0 saturated heterocycles. The Morgan fingerprint density at radius 2 is 2.28 bits per heavy atom. The van der Waals surface area contributed by atoms with Crippen molar-refractivity contribution in [2.45, 2.75) is 65.1 Å². The van der Waals surface area contributed by atoms with Crippen molar-refractivity contribution in [3.05, 3.63) is 28.2 Å². The summed E-state index contributed by atoms with van der Waals surface area (Å²) < 4.78 is 1.97. The summed E-state index contributed by atoms with van der Waals surface area (Å²) in [5, 5.41) is 14.3. The zero-order valence-corrected chi connectivity index (χ0v) is 16.2. The Morgan fingerprint density at radius 1 is 1.44 bits per heavy atom. The monoisotopic (exact) mass is 361 g/mol. The number of nitrogens with one attached hydrogen (secondary N) is 2. The molecule has 0 spiro atoms. The number of thiazole rings is 1. The molecule has 3 heterocycles. The Morgan fingerprint density at radius 3 is 3.00 bits per heavy atom. The summed E-state index contributed by atoms with van der Waals surface area (Å²) in [6.07, 6.45) is 3.61. The molecule has 25 heavy (non-hydrogen) atoms. The maximum atomic E-state index is 4.72. The zero-order chi connectivity index (χ0) is 17.9. The van der Waals surface area contributed by atoms with E-state index in [4.69, 9.17) is 9.98 Å². The molecule has 0 saturated carbocycles. The highest BCUT2D eigenvalue weighted by Gasteiger charge is 2.21. The van der Waals surface area contributed by atoms with E-state index in [1.54, 1.807) is 17.7 Å². The Hall–Kier alpha value is -1.96. The van der Waals surface area contributed by atoms with Crippen LogP contribution in [0.2, 0.25) is 0 Å². The largest absolute Gasteiger partial charge is 0.357 e. The second-order valence-corrected chi connectivity index (χ2v) is 8.25. The van der Waals surface area contributed by atoms with Crippen LogP contribution in [0.25, 0.3) is 0 Å². The highest BCUT2D eigenvalue weighted by atomic mass is 32.1. The summed E-state index contributed by atoms with van der Waals surface area (Å²) in [6.45, 7) is 10.9. The van der Waals surface area contributed by atoms with E-state index < -0.39 is 0 Å². The number of aliphatic imine (C=N–C) groups is 1. The lowest BCUT2D eigenvalue weighted by atomic mass is 9.93. The van der Waals surface area contributed by atoms with Gasteiger partial charge in [-0.1, -0.05) is 20.8 Å². The molecule has 2 aromatic heterocycles. The number of hydrogen-bond acceptors (Lipinski definition) is 5. The normalized spacial score (nSPS) is 18.1. The van der Waals surface area contributed by atoms with Crippen LogP contribution in [0.4, 0.5) is 0 Å². The van der Waals surface area contributed by atoms with Gasteiger partial charge in [0.05, 0.1) is 18.8 Å². The first-order valence-corrected chi connectivity index (χ1v) is 9.70. The van der Waals surface area contributed by atoms with Gasteiger partial charge in [0.15, 0.2) is 5.96 Å². The predicted octanol–water partition coefficient (Wildman–Crippen LogP) is 2.10. The van der Waals surface area contributed by atoms with Gasteiger partial charge in [0, 0.05) is 29.8 Å². The van der Waals surface area contributed by atoms with Crippen molar-refractivity contribution in [3.8, 4) is 0 Å². The summed E-state index contributed by atoms with van der Waals surface area (Å²) in [6, 6.07) is 0.313. The van der Waals surface area contributed by atoms with Crippen molar-refractivity contribution in [2.24, 2.45) is 4.99 Å². The molecule has 0 radical (unpaired) electrons. The Labute approximate surface area is 153 Å². The molecule has 136 valence electrons. The molecule has 1 aliphatic rings. The lowest BCUT2D eigenvalue weighted by Gasteiger charge is -2.25. The summed E-state index contributed by atoms with van der Waals surface area (Å²) in [7, 11) is 0. The van der Waals surface area contributed by atoms with Crippen molar-refractivity contribution in [1.29, 1.82) is 0 Å². The van der Waals surface area contributed by atoms with E-state index in [0.717, 1.165) is 48.4 Å². The van der Waals surface area contributed by atoms with Gasteiger partial charge in [0.2, 0.25) is 0 Å². The van der Waals surface area contributed by atoms with E-state index in [1.807, 2.05) is 4.68 Å². The first-order chi connectivity index (χ1) is 12.0. The average Bonchev–Trinajstić information content (AvgIpc) is 3.21. The average molecular weight is 362 g/mol. The second-order valence-electron chi connectivity index (χ2n) is 7.31.